The molecule has 2 heterocycles. The predicted molar refractivity (Wildman–Crippen MR) is 102 cm³/mol. The summed E-state index contributed by atoms with van der Waals surface area (Å²) < 4.78 is 1.68. The molecule has 4 rings (SSSR count). The number of benzene rings is 1. The Morgan fingerprint density at radius 1 is 1.15 bits per heavy atom. The summed E-state index contributed by atoms with van der Waals surface area (Å²) in [5.41, 5.74) is 7.90. The number of aromatic nitrogens is 3. The molecule has 1 aliphatic carbocycles. The molecule has 27 heavy (non-hydrogen) atoms. The first-order valence-electron chi connectivity index (χ1n) is 8.65. The molecule has 2 aromatic heterocycles. The van der Waals surface area contributed by atoms with Crippen LogP contribution in [0.15, 0.2) is 30.3 Å². The highest BCUT2D eigenvalue weighted by Gasteiger charge is 2.28. The molecule has 2 amide bonds. The lowest BCUT2D eigenvalue weighted by Gasteiger charge is -2.10. The highest BCUT2D eigenvalue weighted by Crippen LogP contribution is 2.40. The average Bonchev–Trinajstić information content (AvgIpc) is 3.46. The van der Waals surface area contributed by atoms with E-state index in [1.54, 1.807) is 42.1 Å². The van der Waals surface area contributed by atoms with Gasteiger partial charge in [-0.05, 0) is 38.0 Å². The summed E-state index contributed by atoms with van der Waals surface area (Å²) in [6.07, 6.45) is 2.14. The molecule has 8 heteroatoms. The SMILES string of the molecule is Cc1nn(C)c2nc(C3CC3)cc(C(=O)NNC(=O)c3ccccc3Cl)c12. The van der Waals surface area contributed by atoms with E-state index in [0.717, 1.165) is 18.5 Å². The zero-order valence-electron chi connectivity index (χ0n) is 14.9. The van der Waals surface area contributed by atoms with Crippen LogP contribution >= 0.6 is 11.6 Å². The zero-order chi connectivity index (χ0) is 19.1. The van der Waals surface area contributed by atoms with Crippen molar-refractivity contribution in [3.8, 4) is 0 Å². The van der Waals surface area contributed by atoms with Crippen LogP contribution in [-0.4, -0.2) is 26.6 Å². The van der Waals surface area contributed by atoms with Crippen molar-refractivity contribution >= 4 is 34.4 Å². The first kappa shape index (κ1) is 17.5. The first-order chi connectivity index (χ1) is 13.0. The van der Waals surface area contributed by atoms with Gasteiger partial charge in [0.15, 0.2) is 5.65 Å². The van der Waals surface area contributed by atoms with Gasteiger partial charge in [0.1, 0.15) is 0 Å². The third-order valence-corrected chi connectivity index (χ3v) is 4.97. The Morgan fingerprint density at radius 3 is 2.48 bits per heavy atom. The number of fused-ring (bicyclic) bond motifs is 1. The van der Waals surface area contributed by atoms with Gasteiger partial charge in [-0.15, -0.1) is 0 Å². The number of nitrogens with zero attached hydrogens (tertiary/aromatic N) is 3. The van der Waals surface area contributed by atoms with E-state index in [0.29, 0.717) is 33.2 Å². The second-order valence-corrected chi connectivity index (χ2v) is 7.07. The van der Waals surface area contributed by atoms with E-state index in [2.05, 4.69) is 20.9 Å². The third kappa shape index (κ3) is 3.26. The summed E-state index contributed by atoms with van der Waals surface area (Å²) in [6, 6.07) is 8.44. The van der Waals surface area contributed by atoms with Crippen molar-refractivity contribution in [1.29, 1.82) is 0 Å². The highest BCUT2D eigenvalue weighted by atomic mass is 35.5. The van der Waals surface area contributed by atoms with Crippen LogP contribution in [0.5, 0.6) is 0 Å². The summed E-state index contributed by atoms with van der Waals surface area (Å²) in [5, 5.41) is 5.38. The van der Waals surface area contributed by atoms with E-state index in [4.69, 9.17) is 11.6 Å². The number of rotatable bonds is 3. The molecule has 1 saturated carbocycles. The van der Waals surface area contributed by atoms with Gasteiger partial charge in [0.05, 0.1) is 27.2 Å². The van der Waals surface area contributed by atoms with Crippen LogP contribution in [0.25, 0.3) is 11.0 Å². The van der Waals surface area contributed by atoms with Crippen LogP contribution in [-0.2, 0) is 7.05 Å². The fourth-order valence-electron chi connectivity index (χ4n) is 3.13. The Kier molecular flexibility index (Phi) is 4.31. The van der Waals surface area contributed by atoms with E-state index in [1.807, 2.05) is 6.92 Å². The van der Waals surface area contributed by atoms with Crippen LogP contribution in [0.2, 0.25) is 5.02 Å². The van der Waals surface area contributed by atoms with Gasteiger partial charge in [-0.2, -0.15) is 5.10 Å². The second-order valence-electron chi connectivity index (χ2n) is 6.66. The number of hydrazine groups is 1. The monoisotopic (exact) mass is 383 g/mol. The summed E-state index contributed by atoms with van der Waals surface area (Å²) in [7, 11) is 1.81. The molecule has 138 valence electrons. The largest absolute Gasteiger partial charge is 0.271 e. The van der Waals surface area contributed by atoms with Gasteiger partial charge in [0, 0.05) is 18.7 Å². The van der Waals surface area contributed by atoms with Gasteiger partial charge in [0.25, 0.3) is 11.8 Å². The minimum Gasteiger partial charge on any atom is -0.267 e. The van der Waals surface area contributed by atoms with Gasteiger partial charge in [0.2, 0.25) is 0 Å². The maximum atomic E-state index is 12.8. The molecule has 2 N–H and O–H groups in total. The van der Waals surface area contributed by atoms with Gasteiger partial charge in [-0.1, -0.05) is 23.7 Å². The fraction of sp³-hybridized carbons (Fsp3) is 0.263. The molecule has 0 bridgehead atoms. The summed E-state index contributed by atoms with van der Waals surface area (Å²) in [6.45, 7) is 1.83. The fourth-order valence-corrected chi connectivity index (χ4v) is 3.35. The lowest BCUT2D eigenvalue weighted by atomic mass is 10.1. The van der Waals surface area contributed by atoms with E-state index in [9.17, 15) is 9.59 Å². The molecule has 0 radical (unpaired) electrons. The topological polar surface area (TPSA) is 88.9 Å². The van der Waals surface area contributed by atoms with Crippen molar-refractivity contribution in [1.82, 2.24) is 25.6 Å². The molecular weight excluding hydrogens is 366 g/mol. The van der Waals surface area contributed by atoms with Crippen molar-refractivity contribution in [2.24, 2.45) is 7.05 Å². The number of halogens is 1. The van der Waals surface area contributed by atoms with Crippen molar-refractivity contribution in [2.75, 3.05) is 0 Å². The molecule has 0 saturated heterocycles. The smallest absolute Gasteiger partial charge is 0.267 e. The van der Waals surface area contributed by atoms with Gasteiger partial charge < -0.3 is 0 Å². The van der Waals surface area contributed by atoms with Gasteiger partial charge in [-0.25, -0.2) is 4.98 Å². The lowest BCUT2D eigenvalue weighted by molar-refractivity contribution is 0.0847. The predicted octanol–water partition coefficient (Wildman–Crippen LogP) is 2.88. The molecule has 3 aromatic rings. The Balaban J connectivity index is 1.62. The van der Waals surface area contributed by atoms with Crippen molar-refractivity contribution < 1.29 is 9.59 Å². The van der Waals surface area contributed by atoms with E-state index >= 15 is 0 Å². The molecular formula is C19H18ClN5O2. The van der Waals surface area contributed by atoms with Gasteiger partial charge in [-0.3, -0.25) is 25.1 Å². The molecule has 7 nitrogen and oxygen atoms in total. The number of carbonyl (C=O) groups excluding carboxylic acids is 2. The number of carbonyl (C=O) groups is 2. The Bertz CT molecular complexity index is 1070. The molecule has 0 spiro atoms. The normalized spacial score (nSPS) is 13.6. The van der Waals surface area contributed by atoms with Crippen LogP contribution in [0.3, 0.4) is 0 Å². The molecule has 1 aliphatic rings. The van der Waals surface area contributed by atoms with E-state index < -0.39 is 11.8 Å². The Labute approximate surface area is 160 Å². The zero-order valence-corrected chi connectivity index (χ0v) is 15.7. The minimum absolute atomic E-state index is 0.288. The Hall–Kier alpha value is -2.93. The maximum Gasteiger partial charge on any atom is 0.271 e. The van der Waals surface area contributed by atoms with Crippen molar-refractivity contribution in [3.05, 3.63) is 57.9 Å². The molecule has 1 fully saturated rings. The molecule has 0 aliphatic heterocycles. The molecule has 0 atom stereocenters. The second kappa shape index (κ2) is 6.66. The minimum atomic E-state index is -0.482. The summed E-state index contributed by atoms with van der Waals surface area (Å²) >= 11 is 6.02. The highest BCUT2D eigenvalue weighted by molar-refractivity contribution is 6.33. The Morgan fingerprint density at radius 2 is 1.81 bits per heavy atom. The van der Waals surface area contributed by atoms with Crippen LogP contribution in [0.4, 0.5) is 0 Å². The van der Waals surface area contributed by atoms with Crippen LogP contribution in [0.1, 0.15) is 50.9 Å². The third-order valence-electron chi connectivity index (χ3n) is 4.64. The van der Waals surface area contributed by atoms with Crippen molar-refractivity contribution in [2.45, 2.75) is 25.7 Å². The van der Waals surface area contributed by atoms with Crippen molar-refractivity contribution in [3.63, 3.8) is 0 Å². The van der Waals surface area contributed by atoms with Gasteiger partial charge >= 0.3 is 0 Å². The number of hydrogen-bond acceptors (Lipinski definition) is 4. The van der Waals surface area contributed by atoms with Crippen LogP contribution in [0, 0.1) is 6.92 Å². The quantitative estimate of drug-likeness (QED) is 0.680. The first-order valence-corrected chi connectivity index (χ1v) is 9.03. The summed E-state index contributed by atoms with van der Waals surface area (Å²) in [4.78, 5) is 29.8. The average molecular weight is 384 g/mol. The van der Waals surface area contributed by atoms with E-state index in [1.165, 1.54) is 0 Å². The number of pyridine rings is 1. The standard InChI is InChI=1S/C19H18ClN5O2/c1-10-16-13(9-15(11-7-8-11)21-17(16)25(2)24-10)19(27)23-22-18(26)12-5-3-4-6-14(12)20/h3-6,9,11H,7-8H2,1-2H3,(H,22,26)(H,23,27). The number of amides is 2. The molecule has 1 aromatic carbocycles. The number of aryl methyl sites for hydroxylation is 2. The summed E-state index contributed by atoms with van der Waals surface area (Å²) in [5.74, 6) is -0.515. The van der Waals surface area contributed by atoms with E-state index in [-0.39, 0.29) is 5.56 Å². The lowest BCUT2D eigenvalue weighted by Crippen LogP contribution is -2.41. The number of hydrogen-bond donors (Lipinski definition) is 2. The number of nitrogens with one attached hydrogen (secondary N) is 2. The van der Waals surface area contributed by atoms with Crippen LogP contribution < -0.4 is 10.9 Å². The maximum absolute atomic E-state index is 12.8. The molecule has 0 unspecified atom stereocenters.